The Morgan fingerprint density at radius 2 is 2.00 bits per heavy atom. The van der Waals surface area contributed by atoms with E-state index in [4.69, 9.17) is 5.11 Å². The number of unbranched alkanes of at least 4 members (excludes halogenated alkanes) is 2. The van der Waals surface area contributed by atoms with Crippen molar-refractivity contribution in [1.82, 2.24) is 5.32 Å². The molecule has 1 amide bonds. The lowest BCUT2D eigenvalue weighted by atomic mass is 10.1. The van der Waals surface area contributed by atoms with Crippen LogP contribution in [0.2, 0.25) is 0 Å². The molecule has 5 heteroatoms. The van der Waals surface area contributed by atoms with Gasteiger partial charge in [-0.25, -0.2) is 0 Å². The minimum atomic E-state index is -0.765. The average Bonchev–Trinajstić information content (AvgIpc) is 2.42. The van der Waals surface area contributed by atoms with Crippen LogP contribution in [0, 0.1) is 6.92 Å². The summed E-state index contributed by atoms with van der Waals surface area (Å²) in [5, 5.41) is 11.4. The average molecular weight is 295 g/mol. The first-order valence-electron chi connectivity index (χ1n) is 6.69. The predicted molar refractivity (Wildman–Crippen MR) is 81.4 cm³/mol. The van der Waals surface area contributed by atoms with Gasteiger partial charge in [0.15, 0.2) is 0 Å². The SMILES string of the molecule is CSc1ccc(C)c(C(=O)NCCCCCC(=O)O)c1. The fourth-order valence-corrected chi connectivity index (χ4v) is 2.29. The fourth-order valence-electron chi connectivity index (χ4n) is 1.85. The van der Waals surface area contributed by atoms with E-state index in [0.29, 0.717) is 18.5 Å². The number of benzene rings is 1. The quantitative estimate of drug-likeness (QED) is 0.571. The van der Waals surface area contributed by atoms with Gasteiger partial charge in [-0.15, -0.1) is 11.8 Å². The third-order valence-corrected chi connectivity index (χ3v) is 3.77. The van der Waals surface area contributed by atoms with Gasteiger partial charge in [0, 0.05) is 23.4 Å². The van der Waals surface area contributed by atoms with Gasteiger partial charge in [-0.3, -0.25) is 9.59 Å². The summed E-state index contributed by atoms with van der Waals surface area (Å²) in [5.41, 5.74) is 1.67. The zero-order valence-corrected chi connectivity index (χ0v) is 12.8. The van der Waals surface area contributed by atoms with E-state index < -0.39 is 5.97 Å². The van der Waals surface area contributed by atoms with Crippen molar-refractivity contribution in [2.45, 2.75) is 37.5 Å². The highest BCUT2D eigenvalue weighted by Gasteiger charge is 2.09. The molecule has 0 spiro atoms. The lowest BCUT2D eigenvalue weighted by Gasteiger charge is -2.09. The summed E-state index contributed by atoms with van der Waals surface area (Å²) in [4.78, 5) is 23.5. The number of nitrogens with one attached hydrogen (secondary N) is 1. The molecule has 0 radical (unpaired) electrons. The number of carbonyl (C=O) groups excluding carboxylic acids is 1. The van der Waals surface area contributed by atoms with Crippen molar-refractivity contribution in [1.29, 1.82) is 0 Å². The summed E-state index contributed by atoms with van der Waals surface area (Å²) in [7, 11) is 0. The third-order valence-electron chi connectivity index (χ3n) is 3.04. The summed E-state index contributed by atoms with van der Waals surface area (Å²) in [6.45, 7) is 2.51. The molecule has 0 fully saturated rings. The van der Waals surface area contributed by atoms with Crippen molar-refractivity contribution in [2.24, 2.45) is 0 Å². The Morgan fingerprint density at radius 1 is 1.25 bits per heavy atom. The van der Waals surface area contributed by atoms with Crippen molar-refractivity contribution in [3.63, 3.8) is 0 Å². The second-order valence-corrected chi connectivity index (χ2v) is 5.52. The molecule has 0 heterocycles. The number of aliphatic carboxylic acids is 1. The summed E-state index contributed by atoms with van der Waals surface area (Å²) in [5.74, 6) is -0.824. The summed E-state index contributed by atoms with van der Waals surface area (Å²) in [6, 6.07) is 5.86. The van der Waals surface area contributed by atoms with Gasteiger partial charge in [0.1, 0.15) is 0 Å². The van der Waals surface area contributed by atoms with Crippen LogP contribution in [-0.2, 0) is 4.79 Å². The number of hydrogen-bond donors (Lipinski definition) is 2. The molecule has 1 aromatic rings. The molecule has 110 valence electrons. The number of carboxylic acids is 1. The lowest BCUT2D eigenvalue weighted by molar-refractivity contribution is -0.137. The molecular weight excluding hydrogens is 274 g/mol. The number of aryl methyl sites for hydroxylation is 1. The van der Waals surface area contributed by atoms with Gasteiger partial charge in [-0.05, 0) is 43.7 Å². The second kappa shape index (κ2) is 8.64. The van der Waals surface area contributed by atoms with E-state index in [1.165, 1.54) is 0 Å². The van der Waals surface area contributed by atoms with E-state index in [-0.39, 0.29) is 12.3 Å². The summed E-state index contributed by atoms with van der Waals surface area (Å²) in [6.07, 6.45) is 4.46. The van der Waals surface area contributed by atoms with Gasteiger partial charge in [-0.1, -0.05) is 12.5 Å². The molecule has 1 rings (SSSR count). The van der Waals surface area contributed by atoms with E-state index in [1.807, 2.05) is 31.4 Å². The summed E-state index contributed by atoms with van der Waals surface area (Å²) >= 11 is 1.61. The predicted octanol–water partition coefficient (Wildman–Crippen LogP) is 3.09. The first-order valence-corrected chi connectivity index (χ1v) is 7.91. The van der Waals surface area contributed by atoms with Crippen LogP contribution in [0.3, 0.4) is 0 Å². The number of carboxylic acid groups (broad SMARTS) is 1. The summed E-state index contributed by atoms with van der Waals surface area (Å²) < 4.78 is 0. The van der Waals surface area contributed by atoms with Crippen molar-refractivity contribution < 1.29 is 14.7 Å². The second-order valence-electron chi connectivity index (χ2n) is 4.64. The van der Waals surface area contributed by atoms with Crippen LogP contribution in [0.5, 0.6) is 0 Å². The Hall–Kier alpha value is -1.49. The standard InChI is InChI=1S/C15H21NO3S/c1-11-7-8-12(20-2)10-13(11)15(19)16-9-5-3-4-6-14(17)18/h7-8,10H,3-6,9H2,1-2H3,(H,16,19)(H,17,18). The van der Waals surface area contributed by atoms with Crippen LogP contribution in [0.4, 0.5) is 0 Å². The van der Waals surface area contributed by atoms with Crippen LogP contribution in [-0.4, -0.2) is 29.8 Å². The number of thioether (sulfide) groups is 1. The van der Waals surface area contributed by atoms with Crippen LogP contribution in [0.1, 0.15) is 41.6 Å². The highest BCUT2D eigenvalue weighted by atomic mass is 32.2. The molecule has 0 saturated heterocycles. The van der Waals surface area contributed by atoms with E-state index in [9.17, 15) is 9.59 Å². The van der Waals surface area contributed by atoms with Crippen LogP contribution in [0.25, 0.3) is 0 Å². The molecule has 0 aliphatic rings. The minimum absolute atomic E-state index is 0.0587. The minimum Gasteiger partial charge on any atom is -0.481 e. The van der Waals surface area contributed by atoms with Gasteiger partial charge in [-0.2, -0.15) is 0 Å². The maximum absolute atomic E-state index is 12.1. The van der Waals surface area contributed by atoms with Gasteiger partial charge in [0.25, 0.3) is 5.91 Å². The molecular formula is C15H21NO3S. The molecule has 0 aromatic heterocycles. The van der Waals surface area contributed by atoms with Crippen LogP contribution in [0.15, 0.2) is 23.1 Å². The Morgan fingerprint density at radius 3 is 2.65 bits per heavy atom. The van der Waals surface area contributed by atoms with Crippen molar-refractivity contribution in [3.8, 4) is 0 Å². The molecule has 0 saturated carbocycles. The van der Waals surface area contributed by atoms with Gasteiger partial charge >= 0.3 is 5.97 Å². The first kappa shape index (κ1) is 16.6. The van der Waals surface area contributed by atoms with E-state index in [2.05, 4.69) is 5.32 Å². The first-order chi connectivity index (χ1) is 9.54. The molecule has 0 aliphatic heterocycles. The van der Waals surface area contributed by atoms with E-state index >= 15 is 0 Å². The highest BCUT2D eigenvalue weighted by Crippen LogP contribution is 2.19. The largest absolute Gasteiger partial charge is 0.481 e. The van der Waals surface area contributed by atoms with Crippen LogP contribution < -0.4 is 5.32 Å². The van der Waals surface area contributed by atoms with Crippen molar-refractivity contribution in [2.75, 3.05) is 12.8 Å². The maximum Gasteiger partial charge on any atom is 0.303 e. The zero-order valence-electron chi connectivity index (χ0n) is 11.9. The molecule has 4 nitrogen and oxygen atoms in total. The Bertz CT molecular complexity index is 474. The Kier molecular flexibility index (Phi) is 7.15. The van der Waals surface area contributed by atoms with Gasteiger partial charge in [0.2, 0.25) is 0 Å². The zero-order chi connectivity index (χ0) is 15.0. The molecule has 2 N–H and O–H groups in total. The number of hydrogen-bond acceptors (Lipinski definition) is 3. The maximum atomic E-state index is 12.1. The molecule has 20 heavy (non-hydrogen) atoms. The molecule has 0 atom stereocenters. The Labute approximate surface area is 124 Å². The lowest BCUT2D eigenvalue weighted by Crippen LogP contribution is -2.25. The van der Waals surface area contributed by atoms with Crippen molar-refractivity contribution in [3.05, 3.63) is 29.3 Å². The van der Waals surface area contributed by atoms with Gasteiger partial charge in [0.05, 0.1) is 0 Å². The topological polar surface area (TPSA) is 66.4 Å². The highest BCUT2D eigenvalue weighted by molar-refractivity contribution is 7.98. The fraction of sp³-hybridized carbons (Fsp3) is 0.467. The third kappa shape index (κ3) is 5.65. The van der Waals surface area contributed by atoms with Crippen LogP contribution >= 0.6 is 11.8 Å². The Balaban J connectivity index is 2.37. The molecule has 0 bridgehead atoms. The molecule has 0 aliphatic carbocycles. The number of amides is 1. The van der Waals surface area contributed by atoms with E-state index in [1.54, 1.807) is 11.8 Å². The smallest absolute Gasteiger partial charge is 0.303 e. The number of rotatable bonds is 8. The van der Waals surface area contributed by atoms with Crippen molar-refractivity contribution >= 4 is 23.6 Å². The molecule has 0 unspecified atom stereocenters. The molecule has 1 aromatic carbocycles. The monoisotopic (exact) mass is 295 g/mol. The van der Waals surface area contributed by atoms with Gasteiger partial charge < -0.3 is 10.4 Å². The number of carbonyl (C=O) groups is 2. The normalized spacial score (nSPS) is 10.3. The van der Waals surface area contributed by atoms with E-state index in [0.717, 1.165) is 23.3 Å².